The van der Waals surface area contributed by atoms with Crippen LogP contribution in [0.15, 0.2) is 0 Å². The molecule has 6 heteroatoms. The van der Waals surface area contributed by atoms with E-state index in [1.165, 1.54) is 15.9 Å². The first-order chi connectivity index (χ1) is 6.09. The van der Waals surface area contributed by atoms with Crippen LogP contribution in [0.25, 0.3) is 4.96 Å². The van der Waals surface area contributed by atoms with Gasteiger partial charge in [-0.2, -0.15) is 9.61 Å². The second-order valence-electron chi connectivity index (χ2n) is 2.67. The zero-order chi connectivity index (χ0) is 9.59. The number of carboxylic acids is 1. The first-order valence-electron chi connectivity index (χ1n) is 3.65. The standard InChI is InChI=1S/C7H7N3O2S/c1-3-5(6(11)12)10-7(8-3)13-4(2)9-10/h1-2H3,(H,11,12). The van der Waals surface area contributed by atoms with Crippen molar-refractivity contribution in [1.29, 1.82) is 0 Å². The lowest BCUT2D eigenvalue weighted by Gasteiger charge is -1.90. The maximum atomic E-state index is 10.8. The van der Waals surface area contributed by atoms with Crippen LogP contribution in [0, 0.1) is 13.8 Å². The molecule has 0 fully saturated rings. The van der Waals surface area contributed by atoms with Crippen molar-refractivity contribution in [2.24, 2.45) is 0 Å². The Hall–Kier alpha value is -1.43. The lowest BCUT2D eigenvalue weighted by atomic mass is 10.3. The molecule has 2 heterocycles. The molecule has 0 aliphatic carbocycles. The second kappa shape index (κ2) is 2.53. The van der Waals surface area contributed by atoms with Crippen molar-refractivity contribution < 1.29 is 9.90 Å². The first kappa shape index (κ1) is 8.18. The fraction of sp³-hybridized carbons (Fsp3) is 0.286. The summed E-state index contributed by atoms with van der Waals surface area (Å²) >= 11 is 1.38. The van der Waals surface area contributed by atoms with Gasteiger partial charge in [0.2, 0.25) is 4.96 Å². The summed E-state index contributed by atoms with van der Waals surface area (Å²) in [6.07, 6.45) is 0. The third-order valence-corrected chi connectivity index (χ3v) is 2.51. The van der Waals surface area contributed by atoms with E-state index in [4.69, 9.17) is 5.11 Å². The molecule has 2 aromatic heterocycles. The van der Waals surface area contributed by atoms with Crippen LogP contribution in [0.5, 0.6) is 0 Å². The van der Waals surface area contributed by atoms with E-state index in [9.17, 15) is 4.79 Å². The molecule has 0 radical (unpaired) electrons. The van der Waals surface area contributed by atoms with E-state index < -0.39 is 5.97 Å². The van der Waals surface area contributed by atoms with Crippen molar-refractivity contribution in [2.45, 2.75) is 13.8 Å². The summed E-state index contributed by atoms with van der Waals surface area (Å²) in [7, 11) is 0. The van der Waals surface area contributed by atoms with Crippen molar-refractivity contribution in [3.8, 4) is 0 Å². The predicted molar refractivity (Wildman–Crippen MR) is 47.3 cm³/mol. The second-order valence-corrected chi connectivity index (χ2v) is 3.83. The summed E-state index contributed by atoms with van der Waals surface area (Å²) in [4.78, 5) is 15.5. The average molecular weight is 197 g/mol. The van der Waals surface area contributed by atoms with E-state index in [2.05, 4.69) is 10.1 Å². The predicted octanol–water partition coefficient (Wildman–Crippen LogP) is 1.11. The van der Waals surface area contributed by atoms with Crippen LogP contribution < -0.4 is 0 Å². The topological polar surface area (TPSA) is 67.5 Å². The Morgan fingerprint density at radius 2 is 2.23 bits per heavy atom. The minimum absolute atomic E-state index is 0.152. The van der Waals surface area contributed by atoms with Crippen LogP contribution in [0.2, 0.25) is 0 Å². The average Bonchev–Trinajstić information content (AvgIpc) is 2.41. The molecule has 2 aromatic rings. The molecule has 0 saturated carbocycles. The molecule has 1 N–H and O–H groups in total. The van der Waals surface area contributed by atoms with E-state index in [0.29, 0.717) is 10.7 Å². The maximum absolute atomic E-state index is 10.8. The minimum atomic E-state index is -0.990. The molecule has 0 spiro atoms. The van der Waals surface area contributed by atoms with Gasteiger partial charge in [0.05, 0.1) is 5.69 Å². The van der Waals surface area contributed by atoms with E-state index >= 15 is 0 Å². The van der Waals surface area contributed by atoms with Gasteiger partial charge in [0.25, 0.3) is 0 Å². The van der Waals surface area contributed by atoms with E-state index in [0.717, 1.165) is 5.01 Å². The van der Waals surface area contributed by atoms with Crippen LogP contribution in [0.1, 0.15) is 21.2 Å². The van der Waals surface area contributed by atoms with Gasteiger partial charge >= 0.3 is 5.97 Å². The summed E-state index contributed by atoms with van der Waals surface area (Å²) in [5.41, 5.74) is 0.658. The fourth-order valence-electron chi connectivity index (χ4n) is 1.19. The quantitative estimate of drug-likeness (QED) is 0.743. The molecule has 0 saturated heterocycles. The van der Waals surface area contributed by atoms with Gasteiger partial charge in [-0.15, -0.1) is 0 Å². The van der Waals surface area contributed by atoms with Crippen LogP contribution >= 0.6 is 11.3 Å². The summed E-state index contributed by atoms with van der Waals surface area (Å²) in [6.45, 7) is 3.49. The highest BCUT2D eigenvalue weighted by Crippen LogP contribution is 2.17. The van der Waals surface area contributed by atoms with Crippen LogP contribution in [0.4, 0.5) is 0 Å². The molecular formula is C7H7N3O2S. The maximum Gasteiger partial charge on any atom is 0.356 e. The Morgan fingerprint density at radius 3 is 2.85 bits per heavy atom. The van der Waals surface area contributed by atoms with E-state index in [1.54, 1.807) is 6.92 Å². The number of imidazole rings is 1. The summed E-state index contributed by atoms with van der Waals surface area (Å²) in [5.74, 6) is -0.990. The molecule has 68 valence electrons. The zero-order valence-corrected chi connectivity index (χ0v) is 7.92. The van der Waals surface area contributed by atoms with Crippen molar-refractivity contribution in [3.63, 3.8) is 0 Å². The molecule has 5 nitrogen and oxygen atoms in total. The lowest BCUT2D eigenvalue weighted by molar-refractivity contribution is 0.0687. The molecule has 13 heavy (non-hydrogen) atoms. The van der Waals surface area contributed by atoms with Crippen molar-refractivity contribution >= 4 is 22.3 Å². The summed E-state index contributed by atoms with van der Waals surface area (Å²) < 4.78 is 1.37. The Morgan fingerprint density at radius 1 is 1.54 bits per heavy atom. The number of aromatic carboxylic acids is 1. The number of rotatable bonds is 1. The molecule has 0 amide bonds. The van der Waals surface area contributed by atoms with Gasteiger partial charge < -0.3 is 5.11 Å². The SMILES string of the molecule is Cc1nn2c(C(=O)O)c(C)nc2s1. The number of hydrogen-bond donors (Lipinski definition) is 1. The number of hydrogen-bond acceptors (Lipinski definition) is 4. The Bertz CT molecular complexity index is 485. The fourth-order valence-corrected chi connectivity index (χ4v) is 1.98. The highest BCUT2D eigenvalue weighted by atomic mass is 32.1. The van der Waals surface area contributed by atoms with Gasteiger partial charge in [-0.25, -0.2) is 9.78 Å². The number of aromatic nitrogens is 3. The highest BCUT2D eigenvalue weighted by molar-refractivity contribution is 7.16. The number of carbonyl (C=O) groups is 1. The molecule has 0 unspecified atom stereocenters. The van der Waals surface area contributed by atoms with Gasteiger partial charge in [-0.05, 0) is 13.8 Å². The van der Waals surface area contributed by atoms with E-state index in [-0.39, 0.29) is 5.69 Å². The molecule has 0 aliphatic heterocycles. The Kier molecular flexibility index (Phi) is 1.59. The van der Waals surface area contributed by atoms with Gasteiger partial charge in [0.15, 0.2) is 5.69 Å². The Balaban J connectivity index is 2.83. The van der Waals surface area contributed by atoms with Crippen LogP contribution in [0.3, 0.4) is 0 Å². The van der Waals surface area contributed by atoms with Crippen molar-refractivity contribution in [2.75, 3.05) is 0 Å². The molecule has 2 rings (SSSR count). The van der Waals surface area contributed by atoms with Crippen molar-refractivity contribution in [3.05, 3.63) is 16.4 Å². The molecule has 0 bridgehead atoms. The molecular weight excluding hydrogens is 190 g/mol. The molecule has 0 aromatic carbocycles. The number of aryl methyl sites for hydroxylation is 2. The third-order valence-electron chi connectivity index (χ3n) is 1.68. The van der Waals surface area contributed by atoms with Gasteiger partial charge in [-0.3, -0.25) is 0 Å². The summed E-state index contributed by atoms with van der Waals surface area (Å²) in [6, 6.07) is 0. The largest absolute Gasteiger partial charge is 0.476 e. The monoisotopic (exact) mass is 197 g/mol. The minimum Gasteiger partial charge on any atom is -0.476 e. The zero-order valence-electron chi connectivity index (χ0n) is 7.11. The smallest absolute Gasteiger partial charge is 0.356 e. The number of carboxylic acid groups (broad SMARTS) is 1. The third kappa shape index (κ3) is 1.10. The highest BCUT2D eigenvalue weighted by Gasteiger charge is 2.17. The van der Waals surface area contributed by atoms with Gasteiger partial charge in [0.1, 0.15) is 5.01 Å². The van der Waals surface area contributed by atoms with E-state index in [1.807, 2.05) is 6.92 Å². The number of nitrogens with zero attached hydrogens (tertiary/aromatic N) is 3. The molecule has 0 atom stereocenters. The van der Waals surface area contributed by atoms with Crippen molar-refractivity contribution in [1.82, 2.24) is 14.6 Å². The lowest BCUT2D eigenvalue weighted by Crippen LogP contribution is -2.04. The van der Waals surface area contributed by atoms with Crippen LogP contribution in [-0.4, -0.2) is 25.7 Å². The molecule has 0 aliphatic rings. The number of fused-ring (bicyclic) bond motifs is 1. The van der Waals surface area contributed by atoms with Gasteiger partial charge in [0, 0.05) is 0 Å². The first-order valence-corrected chi connectivity index (χ1v) is 4.47. The van der Waals surface area contributed by atoms with Gasteiger partial charge in [-0.1, -0.05) is 11.3 Å². The summed E-state index contributed by atoms with van der Waals surface area (Å²) in [5, 5.41) is 13.7. The Labute approximate surface area is 77.6 Å². The van der Waals surface area contributed by atoms with Crippen LogP contribution in [-0.2, 0) is 0 Å². The normalized spacial score (nSPS) is 10.9.